The molecule has 0 atom stereocenters. The molecule has 15 rings (SSSR count). The van der Waals surface area contributed by atoms with Crippen molar-refractivity contribution < 1.29 is 0 Å². The van der Waals surface area contributed by atoms with Crippen LogP contribution in [0, 0.1) is 23.7 Å². The predicted octanol–water partition coefficient (Wildman–Crippen LogP) is 13.7. The van der Waals surface area contributed by atoms with Crippen molar-refractivity contribution in [2.24, 2.45) is 23.7 Å². The van der Waals surface area contributed by atoms with E-state index in [1.807, 2.05) is 11.3 Å². The van der Waals surface area contributed by atoms with Gasteiger partial charge in [0.15, 0.2) is 17.5 Å². The van der Waals surface area contributed by atoms with Crippen LogP contribution in [-0.4, -0.2) is 15.0 Å². The van der Waals surface area contributed by atoms with Crippen molar-refractivity contribution in [3.63, 3.8) is 0 Å². The molecule has 0 radical (unpaired) electrons. The molecule has 4 bridgehead atoms. The number of nitrogens with zero attached hydrogens (tertiary/aromatic N) is 3. The van der Waals surface area contributed by atoms with Crippen molar-refractivity contribution in [2.45, 2.75) is 43.9 Å². The fourth-order valence-corrected chi connectivity index (χ4v) is 14.3. The first-order valence-electron chi connectivity index (χ1n) is 21.2. The summed E-state index contributed by atoms with van der Waals surface area (Å²) in [6, 6.07) is 52.1. The van der Waals surface area contributed by atoms with Crippen LogP contribution < -0.4 is 0 Å². The number of rotatable bonds is 3. The summed E-state index contributed by atoms with van der Waals surface area (Å²) in [6.07, 6.45) is 7.85. The maximum Gasteiger partial charge on any atom is 0.164 e. The van der Waals surface area contributed by atoms with Gasteiger partial charge in [-0.2, -0.15) is 0 Å². The lowest BCUT2D eigenvalue weighted by atomic mass is 9.43. The van der Waals surface area contributed by atoms with E-state index in [0.717, 1.165) is 52.4 Å². The van der Waals surface area contributed by atoms with Crippen LogP contribution in [0.5, 0.6) is 0 Å². The molecule has 2 heterocycles. The van der Waals surface area contributed by atoms with Crippen LogP contribution in [0.3, 0.4) is 0 Å². The monoisotopic (exact) mass is 761 g/mol. The van der Waals surface area contributed by atoms with Gasteiger partial charge in [-0.15, -0.1) is 11.3 Å². The predicted molar refractivity (Wildman–Crippen MR) is 238 cm³/mol. The molecule has 1 spiro atoms. The average Bonchev–Trinajstić information content (AvgIpc) is 3.93. The maximum atomic E-state index is 5.48. The van der Waals surface area contributed by atoms with Gasteiger partial charge in [-0.1, -0.05) is 121 Å². The molecule has 3 nitrogen and oxygen atoms in total. The first-order valence-corrected chi connectivity index (χ1v) is 22.1. The third kappa shape index (κ3) is 4.21. The summed E-state index contributed by atoms with van der Waals surface area (Å²) in [6.45, 7) is 0. The molecule has 0 N–H and O–H groups in total. The molecule has 4 saturated carbocycles. The van der Waals surface area contributed by atoms with Crippen LogP contribution in [-0.2, 0) is 11.8 Å². The highest BCUT2D eigenvalue weighted by Crippen LogP contribution is 2.70. The Kier molecular flexibility index (Phi) is 6.40. The van der Waals surface area contributed by atoms with Crippen LogP contribution in [0.25, 0.3) is 87.4 Å². The molecular weight excluding hydrogens is 723 g/mol. The summed E-state index contributed by atoms with van der Waals surface area (Å²) in [5.41, 5.74) is 14.5. The fraction of sp³-hybridized carbons (Fsp3) is 0.204. The molecule has 9 aromatic rings. The van der Waals surface area contributed by atoms with Gasteiger partial charge in [0.25, 0.3) is 0 Å². The second kappa shape index (κ2) is 11.6. The van der Waals surface area contributed by atoms with Crippen molar-refractivity contribution in [1.29, 1.82) is 0 Å². The van der Waals surface area contributed by atoms with E-state index < -0.39 is 0 Å². The van der Waals surface area contributed by atoms with Crippen LogP contribution in [0.15, 0.2) is 140 Å². The van der Waals surface area contributed by atoms with Crippen molar-refractivity contribution in [3.8, 4) is 56.4 Å². The van der Waals surface area contributed by atoms with Gasteiger partial charge in [-0.05, 0) is 136 Å². The van der Waals surface area contributed by atoms with Crippen LogP contribution >= 0.6 is 11.3 Å². The lowest BCUT2D eigenvalue weighted by Crippen LogP contribution is -2.55. The first-order chi connectivity index (χ1) is 28.7. The molecule has 6 aliphatic carbocycles. The highest BCUT2D eigenvalue weighted by Gasteiger charge is 2.61. The number of thiophene rings is 1. The first kappa shape index (κ1) is 32.0. The Bertz CT molecular complexity index is 3220. The molecule has 2 aromatic heterocycles. The lowest BCUT2D eigenvalue weighted by molar-refractivity contribution is -0.0399. The van der Waals surface area contributed by atoms with E-state index in [4.69, 9.17) is 15.0 Å². The van der Waals surface area contributed by atoms with Crippen molar-refractivity contribution in [3.05, 3.63) is 162 Å². The Morgan fingerprint density at radius 1 is 0.466 bits per heavy atom. The molecule has 0 aliphatic heterocycles. The number of fused-ring (bicyclic) bond motifs is 11. The van der Waals surface area contributed by atoms with Crippen LogP contribution in [0.1, 0.15) is 54.4 Å². The zero-order chi connectivity index (χ0) is 37.7. The molecular formula is C54H39N3S. The van der Waals surface area contributed by atoms with Gasteiger partial charge in [0, 0.05) is 42.3 Å². The summed E-state index contributed by atoms with van der Waals surface area (Å²) < 4.78 is 2.53. The molecule has 276 valence electrons. The van der Waals surface area contributed by atoms with E-state index >= 15 is 0 Å². The average molecular weight is 762 g/mol. The van der Waals surface area contributed by atoms with E-state index in [1.54, 1.807) is 11.1 Å². The van der Waals surface area contributed by atoms with Gasteiger partial charge in [-0.3, -0.25) is 0 Å². The minimum atomic E-state index is 0.0870. The van der Waals surface area contributed by atoms with Crippen molar-refractivity contribution in [2.75, 3.05) is 0 Å². The highest BCUT2D eigenvalue weighted by molar-refractivity contribution is 7.25. The second-order valence-corrected chi connectivity index (χ2v) is 19.0. The summed E-state index contributed by atoms with van der Waals surface area (Å²) in [5.74, 6) is 5.40. The molecule has 4 fully saturated rings. The van der Waals surface area contributed by atoms with Gasteiger partial charge < -0.3 is 0 Å². The molecule has 6 aliphatic rings. The van der Waals surface area contributed by atoms with E-state index in [-0.39, 0.29) is 5.41 Å². The third-order valence-electron chi connectivity index (χ3n) is 15.1. The van der Waals surface area contributed by atoms with Crippen molar-refractivity contribution in [1.82, 2.24) is 15.0 Å². The Morgan fingerprint density at radius 2 is 1.12 bits per heavy atom. The Hall–Kier alpha value is -5.97. The van der Waals surface area contributed by atoms with Gasteiger partial charge in [0.2, 0.25) is 0 Å². The molecule has 0 amide bonds. The summed E-state index contributed by atoms with van der Waals surface area (Å²) in [5, 5.41) is 5.15. The number of aromatic nitrogens is 3. The lowest BCUT2D eigenvalue weighted by Gasteiger charge is -2.61. The quantitative estimate of drug-likeness (QED) is 0.180. The molecule has 4 heteroatoms. The van der Waals surface area contributed by atoms with Gasteiger partial charge in [0.1, 0.15) is 0 Å². The topological polar surface area (TPSA) is 38.7 Å². The zero-order valence-corrected chi connectivity index (χ0v) is 32.9. The summed E-state index contributed by atoms with van der Waals surface area (Å²) in [4.78, 5) is 16.4. The van der Waals surface area contributed by atoms with Gasteiger partial charge >= 0.3 is 0 Å². The number of benzene rings is 7. The maximum absolute atomic E-state index is 5.48. The van der Waals surface area contributed by atoms with E-state index in [2.05, 4.69) is 140 Å². The minimum Gasteiger partial charge on any atom is -0.208 e. The Morgan fingerprint density at radius 3 is 2.00 bits per heavy atom. The second-order valence-electron chi connectivity index (χ2n) is 17.9. The normalized spacial score (nSPS) is 23.2. The minimum absolute atomic E-state index is 0.0870. The Labute approximate surface area is 341 Å². The van der Waals surface area contributed by atoms with E-state index in [9.17, 15) is 0 Å². The largest absolute Gasteiger partial charge is 0.208 e. The summed E-state index contributed by atoms with van der Waals surface area (Å²) >= 11 is 1.84. The number of hydrogen-bond acceptors (Lipinski definition) is 4. The van der Waals surface area contributed by atoms with Crippen LogP contribution in [0.2, 0.25) is 0 Å². The van der Waals surface area contributed by atoms with Gasteiger partial charge in [-0.25, -0.2) is 15.0 Å². The van der Waals surface area contributed by atoms with E-state index in [0.29, 0.717) is 11.8 Å². The SMILES string of the molecule is c1ccc2c(c1)Cc1cccc(-c3nc(-c4ccc5c(c4)-c4c(ccc6ccccc46)C54C5CC6CC(C5)CC4C6)nc(-c4cccc5sc6ccccc6c45)n3)c1-2. The van der Waals surface area contributed by atoms with Crippen LogP contribution in [0.4, 0.5) is 0 Å². The third-order valence-corrected chi connectivity index (χ3v) is 16.3. The Balaban J connectivity index is 1.03. The molecule has 0 saturated heterocycles. The van der Waals surface area contributed by atoms with Crippen molar-refractivity contribution >= 4 is 42.3 Å². The fourth-order valence-electron chi connectivity index (χ4n) is 13.2. The van der Waals surface area contributed by atoms with Gasteiger partial charge in [0.05, 0.1) is 0 Å². The molecule has 7 aromatic carbocycles. The molecule has 0 unspecified atom stereocenters. The molecule has 58 heavy (non-hydrogen) atoms. The smallest absolute Gasteiger partial charge is 0.164 e. The number of hydrogen-bond donors (Lipinski definition) is 0. The standard InChI is InChI=1S/C54H39N3S/c1-3-12-38-32(9-1)19-22-45-49(38)43-29-35(20-21-44(43)54(45)36-24-30-23-31(26-36)27-37(54)25-30)51-55-52(41-15-7-11-34-28-33-10-2-4-13-39(33)48(34)41)57-53(56-51)42-16-8-18-47-50(42)40-14-5-6-17-46(40)58-47/h1-22,29-31,36-37H,23-28H2. The summed E-state index contributed by atoms with van der Waals surface area (Å²) in [7, 11) is 0. The zero-order valence-electron chi connectivity index (χ0n) is 32.1. The van der Waals surface area contributed by atoms with E-state index in [1.165, 1.54) is 96.4 Å². The highest BCUT2D eigenvalue weighted by atomic mass is 32.1.